The molecule has 0 radical (unpaired) electrons. The van der Waals surface area contributed by atoms with Crippen LogP contribution in [0.5, 0.6) is 0 Å². The van der Waals surface area contributed by atoms with Gasteiger partial charge in [-0.1, -0.05) is 0 Å². The molecule has 82 valence electrons. The minimum Gasteiger partial charge on any atom is -0.398 e. The molecule has 1 aromatic heterocycles. The quantitative estimate of drug-likeness (QED) is 0.806. The van der Waals surface area contributed by atoms with E-state index >= 15 is 0 Å². The van der Waals surface area contributed by atoms with Crippen LogP contribution in [-0.4, -0.2) is 16.7 Å². The van der Waals surface area contributed by atoms with Crippen molar-refractivity contribution in [2.45, 2.75) is 44.8 Å². The van der Waals surface area contributed by atoms with Crippen molar-refractivity contribution in [1.82, 2.24) is 4.98 Å². The van der Waals surface area contributed by atoms with Gasteiger partial charge in [-0.25, -0.2) is 0 Å². The van der Waals surface area contributed by atoms with Crippen molar-refractivity contribution in [3.8, 4) is 0 Å². The van der Waals surface area contributed by atoms with E-state index in [9.17, 15) is 0 Å². The minimum atomic E-state index is 0.0294. The van der Waals surface area contributed by atoms with Crippen LogP contribution in [0.3, 0.4) is 0 Å². The van der Waals surface area contributed by atoms with Crippen molar-refractivity contribution >= 4 is 5.69 Å². The smallest absolute Gasteiger partial charge is 0.0631 e. The van der Waals surface area contributed by atoms with Gasteiger partial charge in [0.15, 0.2) is 0 Å². The summed E-state index contributed by atoms with van der Waals surface area (Å²) in [6.45, 7) is 4.28. The van der Waals surface area contributed by atoms with Crippen LogP contribution in [0.2, 0.25) is 0 Å². The summed E-state index contributed by atoms with van der Waals surface area (Å²) in [6.07, 6.45) is 6.97. The van der Waals surface area contributed by atoms with E-state index in [-0.39, 0.29) is 5.60 Å². The number of ether oxygens (including phenoxy) is 1. The highest BCUT2D eigenvalue weighted by molar-refractivity contribution is 5.44. The molecular formula is C12H18N2O. The lowest BCUT2D eigenvalue weighted by Crippen LogP contribution is -2.21. The molecule has 1 aliphatic rings. The van der Waals surface area contributed by atoms with E-state index in [1.54, 1.807) is 6.20 Å². The van der Waals surface area contributed by atoms with Gasteiger partial charge in [-0.05, 0) is 38.3 Å². The highest BCUT2D eigenvalue weighted by Gasteiger charge is 2.31. The molecule has 2 rings (SSSR count). The largest absolute Gasteiger partial charge is 0.398 e. The Hall–Kier alpha value is -1.09. The first-order chi connectivity index (χ1) is 7.07. The average molecular weight is 206 g/mol. The normalized spacial score (nSPS) is 24.3. The van der Waals surface area contributed by atoms with Gasteiger partial charge in [0, 0.05) is 24.5 Å². The van der Waals surface area contributed by atoms with Gasteiger partial charge in [0.05, 0.1) is 11.7 Å². The Morgan fingerprint density at radius 2 is 2.40 bits per heavy atom. The molecule has 1 fully saturated rings. The lowest BCUT2D eigenvalue weighted by molar-refractivity contribution is -0.0144. The van der Waals surface area contributed by atoms with Crippen LogP contribution in [0.4, 0.5) is 5.69 Å². The van der Waals surface area contributed by atoms with Crippen molar-refractivity contribution in [1.29, 1.82) is 0 Å². The number of nitrogens with zero attached hydrogens (tertiary/aromatic N) is 1. The second-order valence-corrected chi connectivity index (χ2v) is 4.82. The van der Waals surface area contributed by atoms with Crippen LogP contribution in [0.1, 0.15) is 32.3 Å². The fourth-order valence-corrected chi connectivity index (χ4v) is 2.08. The molecule has 0 aliphatic carbocycles. The number of pyridine rings is 1. The molecule has 1 aliphatic heterocycles. The SMILES string of the molecule is CC1(C)CCC(Cc2cnccc2N)O1. The maximum Gasteiger partial charge on any atom is 0.0631 e. The van der Waals surface area contributed by atoms with Crippen molar-refractivity contribution in [3.05, 3.63) is 24.0 Å². The number of aromatic nitrogens is 1. The Bertz CT molecular complexity index is 349. The lowest BCUT2D eigenvalue weighted by atomic mass is 10.0. The maximum atomic E-state index is 5.92. The summed E-state index contributed by atoms with van der Waals surface area (Å²) in [4.78, 5) is 4.09. The molecule has 0 saturated carbocycles. The molecule has 0 bridgehead atoms. The summed E-state index contributed by atoms with van der Waals surface area (Å²) in [5.74, 6) is 0. The molecule has 1 atom stereocenters. The number of hydrogen-bond acceptors (Lipinski definition) is 3. The van der Waals surface area contributed by atoms with Gasteiger partial charge in [0.1, 0.15) is 0 Å². The van der Waals surface area contributed by atoms with Crippen molar-refractivity contribution < 1.29 is 4.74 Å². The Labute approximate surface area is 90.7 Å². The fraction of sp³-hybridized carbons (Fsp3) is 0.583. The summed E-state index contributed by atoms with van der Waals surface area (Å²) >= 11 is 0. The molecular weight excluding hydrogens is 188 g/mol. The van der Waals surface area contributed by atoms with Gasteiger partial charge in [0.25, 0.3) is 0 Å². The number of anilines is 1. The number of nitrogen functional groups attached to an aromatic ring is 1. The zero-order valence-electron chi connectivity index (χ0n) is 9.36. The topological polar surface area (TPSA) is 48.1 Å². The van der Waals surface area contributed by atoms with E-state index in [1.165, 1.54) is 0 Å². The molecule has 3 heteroatoms. The highest BCUT2D eigenvalue weighted by Crippen LogP contribution is 2.31. The monoisotopic (exact) mass is 206 g/mol. The first-order valence-electron chi connectivity index (χ1n) is 5.43. The van der Waals surface area contributed by atoms with Crippen LogP contribution < -0.4 is 5.73 Å². The third-order valence-electron chi connectivity index (χ3n) is 2.94. The molecule has 0 amide bonds. The third-order valence-corrected chi connectivity index (χ3v) is 2.94. The Balaban J connectivity index is 2.02. The first kappa shape index (κ1) is 10.4. The van der Waals surface area contributed by atoms with Gasteiger partial charge in [-0.3, -0.25) is 4.98 Å². The minimum absolute atomic E-state index is 0.0294. The fourth-order valence-electron chi connectivity index (χ4n) is 2.08. The van der Waals surface area contributed by atoms with Gasteiger partial charge < -0.3 is 10.5 Å². The van der Waals surface area contributed by atoms with Gasteiger partial charge >= 0.3 is 0 Å². The van der Waals surface area contributed by atoms with Crippen molar-refractivity contribution in [2.75, 3.05) is 5.73 Å². The Morgan fingerprint density at radius 3 is 3.00 bits per heavy atom. The molecule has 15 heavy (non-hydrogen) atoms. The van der Waals surface area contributed by atoms with Crippen LogP contribution in [0, 0.1) is 0 Å². The predicted octanol–water partition coefficient (Wildman–Crippen LogP) is 2.16. The summed E-state index contributed by atoms with van der Waals surface area (Å²) in [5.41, 5.74) is 7.82. The molecule has 1 aromatic rings. The molecule has 1 unspecified atom stereocenters. The third kappa shape index (κ3) is 2.48. The van der Waals surface area contributed by atoms with Gasteiger partial charge in [-0.2, -0.15) is 0 Å². The summed E-state index contributed by atoms with van der Waals surface area (Å²) < 4.78 is 5.92. The molecule has 1 saturated heterocycles. The molecule has 2 heterocycles. The van der Waals surface area contributed by atoms with Crippen molar-refractivity contribution in [2.24, 2.45) is 0 Å². The lowest BCUT2D eigenvalue weighted by Gasteiger charge is -2.19. The predicted molar refractivity (Wildman–Crippen MR) is 60.5 cm³/mol. The highest BCUT2D eigenvalue weighted by atomic mass is 16.5. The van der Waals surface area contributed by atoms with Crippen LogP contribution in [0.25, 0.3) is 0 Å². The van der Waals surface area contributed by atoms with E-state index < -0.39 is 0 Å². The van der Waals surface area contributed by atoms with E-state index in [4.69, 9.17) is 10.5 Å². The molecule has 0 aromatic carbocycles. The van der Waals surface area contributed by atoms with Crippen LogP contribution in [0.15, 0.2) is 18.5 Å². The molecule has 3 nitrogen and oxygen atoms in total. The van der Waals surface area contributed by atoms with Crippen molar-refractivity contribution in [3.63, 3.8) is 0 Å². The van der Waals surface area contributed by atoms with Crippen LogP contribution >= 0.6 is 0 Å². The first-order valence-corrected chi connectivity index (χ1v) is 5.43. The molecule has 2 N–H and O–H groups in total. The summed E-state index contributed by atoms with van der Waals surface area (Å²) in [7, 11) is 0. The second kappa shape index (κ2) is 3.81. The van der Waals surface area contributed by atoms with Gasteiger partial charge in [-0.15, -0.1) is 0 Å². The zero-order valence-corrected chi connectivity index (χ0v) is 9.36. The standard InChI is InChI=1S/C12H18N2O/c1-12(2)5-3-10(15-12)7-9-8-14-6-4-11(9)13/h4,6,8,10H,3,5,7H2,1-2H3,(H2,13,14). The Kier molecular flexibility index (Phi) is 2.65. The maximum absolute atomic E-state index is 5.92. The molecule has 0 spiro atoms. The number of rotatable bonds is 2. The van der Waals surface area contributed by atoms with E-state index in [0.717, 1.165) is 30.5 Å². The number of hydrogen-bond donors (Lipinski definition) is 1. The van der Waals surface area contributed by atoms with E-state index in [1.807, 2.05) is 12.3 Å². The zero-order chi connectivity index (χ0) is 10.9. The summed E-state index contributed by atoms with van der Waals surface area (Å²) in [5, 5.41) is 0. The average Bonchev–Trinajstić information content (AvgIpc) is 2.50. The van der Waals surface area contributed by atoms with E-state index in [2.05, 4.69) is 18.8 Å². The summed E-state index contributed by atoms with van der Waals surface area (Å²) in [6, 6.07) is 1.84. The van der Waals surface area contributed by atoms with Gasteiger partial charge in [0.2, 0.25) is 0 Å². The second-order valence-electron chi connectivity index (χ2n) is 4.82. The van der Waals surface area contributed by atoms with E-state index in [0.29, 0.717) is 6.10 Å². The number of nitrogens with two attached hydrogens (primary N) is 1. The van der Waals surface area contributed by atoms with Crippen LogP contribution in [-0.2, 0) is 11.2 Å². The Morgan fingerprint density at radius 1 is 1.60 bits per heavy atom.